The van der Waals surface area contributed by atoms with Gasteiger partial charge in [-0.15, -0.1) is 0 Å². The zero-order valence-electron chi connectivity index (χ0n) is 9.37. The van der Waals surface area contributed by atoms with Gasteiger partial charge in [-0.25, -0.2) is 4.39 Å². The third kappa shape index (κ3) is 4.26. The molecule has 0 bridgehead atoms. The van der Waals surface area contributed by atoms with E-state index in [-0.39, 0.29) is 11.6 Å². The molecule has 0 atom stereocenters. The Morgan fingerprint density at radius 1 is 1.38 bits per heavy atom. The maximum atomic E-state index is 12.6. The molecule has 3 heteroatoms. The van der Waals surface area contributed by atoms with Crippen LogP contribution in [-0.2, 0) is 11.2 Å². The molecule has 2 N–H and O–H groups in total. The summed E-state index contributed by atoms with van der Waals surface area (Å²) in [5.41, 5.74) is 7.11. The first-order valence-electron chi connectivity index (χ1n) is 5.35. The summed E-state index contributed by atoms with van der Waals surface area (Å²) in [7, 11) is 0. The minimum absolute atomic E-state index is 0.0173. The van der Waals surface area contributed by atoms with Gasteiger partial charge in [-0.1, -0.05) is 19.1 Å². The average Bonchev–Trinajstić information content (AvgIpc) is 2.28. The van der Waals surface area contributed by atoms with Gasteiger partial charge in [-0.05, 0) is 36.6 Å². The third-order valence-electron chi connectivity index (χ3n) is 2.33. The maximum Gasteiger partial charge on any atom is 0.157 e. The Morgan fingerprint density at radius 3 is 2.56 bits per heavy atom. The van der Waals surface area contributed by atoms with Crippen molar-refractivity contribution in [2.45, 2.75) is 26.2 Å². The molecule has 1 aromatic carbocycles. The van der Waals surface area contributed by atoms with E-state index >= 15 is 0 Å². The Hall–Kier alpha value is -1.64. The summed E-state index contributed by atoms with van der Waals surface area (Å²) >= 11 is 0. The first-order valence-corrected chi connectivity index (χ1v) is 5.35. The van der Waals surface area contributed by atoms with Crippen molar-refractivity contribution in [3.05, 3.63) is 47.4 Å². The molecular weight excluding hydrogens is 205 g/mol. The Balaban J connectivity index is 2.46. The molecule has 0 saturated carbocycles. The average molecular weight is 221 g/mol. The number of carbonyl (C=O) groups excluding carboxylic acids is 1. The van der Waals surface area contributed by atoms with Gasteiger partial charge < -0.3 is 5.73 Å². The first kappa shape index (κ1) is 12.4. The number of halogens is 1. The second-order valence-electron chi connectivity index (χ2n) is 3.67. The van der Waals surface area contributed by atoms with E-state index in [0.29, 0.717) is 25.0 Å². The highest BCUT2D eigenvalue weighted by Gasteiger charge is 2.00. The van der Waals surface area contributed by atoms with E-state index in [1.165, 1.54) is 18.2 Å². The fourth-order valence-electron chi connectivity index (χ4n) is 1.30. The first-order chi connectivity index (χ1) is 7.61. The van der Waals surface area contributed by atoms with Crippen molar-refractivity contribution in [3.8, 4) is 0 Å². The van der Waals surface area contributed by atoms with Gasteiger partial charge >= 0.3 is 0 Å². The molecular formula is C13H16FNO. The lowest BCUT2D eigenvalue weighted by atomic mass is 10.1. The molecule has 0 aliphatic carbocycles. The van der Waals surface area contributed by atoms with Crippen molar-refractivity contribution in [2.75, 3.05) is 0 Å². The van der Waals surface area contributed by atoms with Gasteiger partial charge in [0.25, 0.3) is 0 Å². The molecule has 0 saturated heterocycles. The summed E-state index contributed by atoms with van der Waals surface area (Å²) in [6.07, 6.45) is 3.19. The largest absolute Gasteiger partial charge is 0.402 e. The van der Waals surface area contributed by atoms with E-state index in [4.69, 9.17) is 5.73 Å². The van der Waals surface area contributed by atoms with E-state index in [0.717, 1.165) is 5.56 Å². The Labute approximate surface area is 95.0 Å². The highest BCUT2D eigenvalue weighted by molar-refractivity contribution is 5.90. The van der Waals surface area contributed by atoms with Gasteiger partial charge in [-0.2, -0.15) is 0 Å². The van der Waals surface area contributed by atoms with Crippen LogP contribution < -0.4 is 5.73 Å². The summed E-state index contributed by atoms with van der Waals surface area (Å²) in [5.74, 6) is -0.242. The molecule has 86 valence electrons. The zero-order valence-corrected chi connectivity index (χ0v) is 9.37. The van der Waals surface area contributed by atoms with Gasteiger partial charge in [0.05, 0.1) is 0 Å². The van der Waals surface area contributed by atoms with Crippen molar-refractivity contribution in [1.82, 2.24) is 0 Å². The molecule has 0 aliphatic rings. The van der Waals surface area contributed by atoms with Crippen LogP contribution in [0.4, 0.5) is 4.39 Å². The van der Waals surface area contributed by atoms with Gasteiger partial charge in [0, 0.05) is 12.1 Å². The Kier molecular flexibility index (Phi) is 4.70. The predicted molar refractivity (Wildman–Crippen MR) is 62.3 cm³/mol. The molecule has 0 amide bonds. The van der Waals surface area contributed by atoms with Crippen molar-refractivity contribution < 1.29 is 9.18 Å². The van der Waals surface area contributed by atoms with Crippen LogP contribution in [0.2, 0.25) is 0 Å². The third-order valence-corrected chi connectivity index (χ3v) is 2.33. The number of rotatable bonds is 5. The number of hydrogen-bond acceptors (Lipinski definition) is 2. The molecule has 0 radical (unpaired) electrons. The number of hydrogen-bond donors (Lipinski definition) is 1. The van der Waals surface area contributed by atoms with Gasteiger partial charge in [0.2, 0.25) is 0 Å². The summed E-state index contributed by atoms with van der Waals surface area (Å²) in [5, 5.41) is 0. The zero-order chi connectivity index (χ0) is 12.0. The normalized spacial score (nSPS) is 11.5. The number of benzene rings is 1. The quantitative estimate of drug-likeness (QED) is 0.776. The lowest BCUT2D eigenvalue weighted by Crippen LogP contribution is -2.02. The van der Waals surface area contributed by atoms with E-state index < -0.39 is 0 Å². The van der Waals surface area contributed by atoms with Gasteiger partial charge in [-0.3, -0.25) is 4.79 Å². The van der Waals surface area contributed by atoms with Gasteiger partial charge in [0.1, 0.15) is 5.82 Å². The predicted octanol–water partition coefficient (Wildman–Crippen LogP) is 2.58. The van der Waals surface area contributed by atoms with Crippen LogP contribution >= 0.6 is 0 Å². The number of allylic oxidation sites excluding steroid dienone is 2. The van der Waals surface area contributed by atoms with E-state index in [2.05, 4.69) is 0 Å². The van der Waals surface area contributed by atoms with Gasteiger partial charge in [0.15, 0.2) is 5.78 Å². The number of carbonyl (C=O) groups is 1. The van der Waals surface area contributed by atoms with Crippen LogP contribution in [0.3, 0.4) is 0 Å². The molecule has 0 spiro atoms. The van der Waals surface area contributed by atoms with E-state index in [9.17, 15) is 9.18 Å². The van der Waals surface area contributed by atoms with Crippen LogP contribution in [0, 0.1) is 5.82 Å². The fraction of sp³-hybridized carbons (Fsp3) is 0.308. The Morgan fingerprint density at radius 2 is 2.00 bits per heavy atom. The lowest BCUT2D eigenvalue weighted by Gasteiger charge is -1.99. The molecule has 0 fully saturated rings. The van der Waals surface area contributed by atoms with Crippen molar-refractivity contribution in [2.24, 2.45) is 5.73 Å². The Bertz CT molecular complexity index is 381. The van der Waals surface area contributed by atoms with Crippen molar-refractivity contribution in [3.63, 3.8) is 0 Å². The van der Waals surface area contributed by atoms with Crippen molar-refractivity contribution in [1.29, 1.82) is 0 Å². The standard InChI is InChI=1S/C13H16FNO/c1-2-12(15)9-13(16)8-5-10-3-6-11(14)7-4-10/h3-4,6-7,9H,2,5,8,15H2,1H3. The molecule has 2 nitrogen and oxygen atoms in total. The summed E-state index contributed by atoms with van der Waals surface area (Å²) in [4.78, 5) is 11.4. The molecule has 16 heavy (non-hydrogen) atoms. The SMILES string of the molecule is CCC(N)=CC(=O)CCc1ccc(F)cc1. The molecule has 0 aromatic heterocycles. The maximum absolute atomic E-state index is 12.6. The summed E-state index contributed by atoms with van der Waals surface area (Å²) in [6.45, 7) is 1.90. The molecule has 1 aromatic rings. The highest BCUT2D eigenvalue weighted by Crippen LogP contribution is 2.06. The van der Waals surface area contributed by atoms with E-state index in [1.807, 2.05) is 6.92 Å². The second kappa shape index (κ2) is 6.05. The van der Waals surface area contributed by atoms with Crippen LogP contribution in [-0.4, -0.2) is 5.78 Å². The lowest BCUT2D eigenvalue weighted by molar-refractivity contribution is -0.114. The van der Waals surface area contributed by atoms with E-state index in [1.54, 1.807) is 12.1 Å². The number of nitrogens with two attached hydrogens (primary N) is 1. The minimum Gasteiger partial charge on any atom is -0.402 e. The topological polar surface area (TPSA) is 43.1 Å². The van der Waals surface area contributed by atoms with Crippen LogP contribution in [0.15, 0.2) is 36.0 Å². The summed E-state index contributed by atoms with van der Waals surface area (Å²) < 4.78 is 12.6. The summed E-state index contributed by atoms with van der Waals surface area (Å²) in [6, 6.07) is 6.18. The number of ketones is 1. The van der Waals surface area contributed by atoms with Crippen LogP contribution in [0.1, 0.15) is 25.3 Å². The molecule has 0 heterocycles. The molecule has 0 unspecified atom stereocenters. The van der Waals surface area contributed by atoms with Crippen LogP contribution in [0.5, 0.6) is 0 Å². The highest BCUT2D eigenvalue weighted by atomic mass is 19.1. The molecule has 1 rings (SSSR count). The molecule has 0 aliphatic heterocycles. The monoisotopic (exact) mass is 221 g/mol. The second-order valence-corrected chi connectivity index (χ2v) is 3.67. The van der Waals surface area contributed by atoms with Crippen molar-refractivity contribution >= 4 is 5.78 Å². The number of aryl methyl sites for hydroxylation is 1. The van der Waals surface area contributed by atoms with Crippen LogP contribution in [0.25, 0.3) is 0 Å². The smallest absolute Gasteiger partial charge is 0.157 e. The minimum atomic E-state index is -0.259. The fourth-order valence-corrected chi connectivity index (χ4v) is 1.30.